The van der Waals surface area contributed by atoms with Gasteiger partial charge in [-0.15, -0.1) is 0 Å². The normalized spacial score (nSPS) is 19.1. The van der Waals surface area contributed by atoms with Crippen LogP contribution in [0.2, 0.25) is 5.02 Å². The number of aliphatic imine (C=N–C) groups is 1. The van der Waals surface area contributed by atoms with Crippen LogP contribution in [0.5, 0.6) is 5.88 Å². The van der Waals surface area contributed by atoms with Gasteiger partial charge in [-0.25, -0.2) is 4.98 Å². The van der Waals surface area contributed by atoms with E-state index in [1.807, 2.05) is 6.07 Å². The highest BCUT2D eigenvalue weighted by Crippen LogP contribution is 2.44. The molecule has 0 bridgehead atoms. The van der Waals surface area contributed by atoms with E-state index in [4.69, 9.17) is 16.3 Å². The van der Waals surface area contributed by atoms with Crippen LogP contribution in [0.25, 0.3) is 0 Å². The fourth-order valence-electron chi connectivity index (χ4n) is 3.42. The number of anilines is 1. The van der Waals surface area contributed by atoms with Crippen molar-refractivity contribution in [2.75, 3.05) is 19.1 Å². The zero-order valence-corrected chi connectivity index (χ0v) is 16.1. The van der Waals surface area contributed by atoms with E-state index in [2.05, 4.69) is 54.8 Å². The number of hydrogen-bond acceptors (Lipinski definition) is 4. The van der Waals surface area contributed by atoms with Gasteiger partial charge in [0.05, 0.1) is 24.0 Å². The van der Waals surface area contributed by atoms with E-state index in [-0.39, 0.29) is 5.54 Å². The van der Waals surface area contributed by atoms with Crippen molar-refractivity contribution in [1.82, 2.24) is 4.98 Å². The molecule has 3 rings (SSSR count). The zero-order chi connectivity index (χ0) is 18.2. The number of fused-ring (bicyclic) bond motifs is 1. The van der Waals surface area contributed by atoms with E-state index in [1.54, 1.807) is 25.6 Å². The van der Waals surface area contributed by atoms with E-state index >= 15 is 0 Å². The van der Waals surface area contributed by atoms with Crippen LogP contribution in [-0.2, 0) is 0 Å². The van der Waals surface area contributed by atoms with Crippen molar-refractivity contribution >= 4 is 29.2 Å². The van der Waals surface area contributed by atoms with E-state index in [9.17, 15) is 0 Å². The molecule has 132 valence electrons. The second-order valence-corrected chi connectivity index (χ2v) is 7.63. The molecule has 1 aromatic heterocycles. The van der Waals surface area contributed by atoms with Crippen LogP contribution in [0.3, 0.4) is 0 Å². The van der Waals surface area contributed by atoms with Crippen molar-refractivity contribution in [2.45, 2.75) is 38.6 Å². The van der Waals surface area contributed by atoms with Crippen molar-refractivity contribution in [3.63, 3.8) is 0 Å². The van der Waals surface area contributed by atoms with Gasteiger partial charge in [-0.3, -0.25) is 4.99 Å². The fraction of sp³-hybridized carbons (Fsp3) is 0.400. The van der Waals surface area contributed by atoms with Crippen LogP contribution >= 0.6 is 11.6 Å². The van der Waals surface area contributed by atoms with Gasteiger partial charge in [0.25, 0.3) is 0 Å². The maximum Gasteiger partial charge on any atom is 0.213 e. The summed E-state index contributed by atoms with van der Waals surface area (Å²) in [7, 11) is 3.73. The predicted molar refractivity (Wildman–Crippen MR) is 105 cm³/mol. The molecule has 0 N–H and O–H groups in total. The number of methoxy groups -OCH3 is 1. The smallest absolute Gasteiger partial charge is 0.213 e. The van der Waals surface area contributed by atoms with Gasteiger partial charge in [-0.1, -0.05) is 18.5 Å². The molecule has 4 nitrogen and oxygen atoms in total. The molecule has 0 fully saturated rings. The highest BCUT2D eigenvalue weighted by molar-refractivity contribution is 6.33. The maximum absolute atomic E-state index is 6.53. The monoisotopic (exact) mass is 357 g/mol. The van der Waals surface area contributed by atoms with Crippen LogP contribution in [0, 0.1) is 0 Å². The summed E-state index contributed by atoms with van der Waals surface area (Å²) in [6, 6.07) is 7.88. The average Bonchev–Trinajstić information content (AvgIpc) is 2.58. The molecule has 1 aliphatic rings. The second kappa shape index (κ2) is 6.68. The standard InChI is InChI=1S/C20H24ClN3O/c1-13-10-20(2,3)24(4)18-9-17(21)14(8-16(13)18)11-22-15-6-7-19(25-5)23-12-15/h6-9,11-13H,10H2,1-5H3. The molecule has 1 unspecified atom stereocenters. The first-order valence-corrected chi connectivity index (χ1v) is 8.81. The van der Waals surface area contributed by atoms with Crippen LogP contribution in [0.4, 0.5) is 11.4 Å². The first-order valence-electron chi connectivity index (χ1n) is 8.43. The van der Waals surface area contributed by atoms with E-state index < -0.39 is 0 Å². The summed E-state index contributed by atoms with van der Waals surface area (Å²) < 4.78 is 5.06. The van der Waals surface area contributed by atoms with Crippen LogP contribution in [-0.4, -0.2) is 30.9 Å². The number of aromatic nitrogens is 1. The third kappa shape index (κ3) is 3.49. The highest BCUT2D eigenvalue weighted by Gasteiger charge is 2.34. The lowest BCUT2D eigenvalue weighted by atomic mass is 9.80. The summed E-state index contributed by atoms with van der Waals surface area (Å²) in [5.74, 6) is 1.05. The number of pyridine rings is 1. The minimum atomic E-state index is 0.125. The number of ether oxygens (including phenoxy) is 1. The summed E-state index contributed by atoms with van der Waals surface area (Å²) in [5, 5.41) is 0.709. The van der Waals surface area contributed by atoms with Crippen molar-refractivity contribution < 1.29 is 4.74 Å². The third-order valence-corrected chi connectivity index (χ3v) is 5.36. The molecule has 0 spiro atoms. The molecule has 0 saturated heterocycles. The summed E-state index contributed by atoms with van der Waals surface area (Å²) in [5.41, 5.74) is 4.34. The molecule has 0 saturated carbocycles. The number of nitrogens with zero attached hydrogens (tertiary/aromatic N) is 3. The molecule has 0 amide bonds. The molecule has 2 heterocycles. The number of benzene rings is 1. The summed E-state index contributed by atoms with van der Waals surface area (Å²) in [4.78, 5) is 11.0. The molecular weight excluding hydrogens is 334 g/mol. The van der Waals surface area contributed by atoms with Gasteiger partial charge in [0.2, 0.25) is 5.88 Å². The molecule has 0 aliphatic carbocycles. The van der Waals surface area contributed by atoms with Gasteiger partial charge in [0.15, 0.2) is 0 Å². The van der Waals surface area contributed by atoms with Gasteiger partial charge in [0, 0.05) is 36.1 Å². The predicted octanol–water partition coefficient (Wildman–Crippen LogP) is 5.22. The lowest BCUT2D eigenvalue weighted by Gasteiger charge is -2.45. The van der Waals surface area contributed by atoms with E-state index in [0.717, 1.165) is 17.7 Å². The van der Waals surface area contributed by atoms with Gasteiger partial charge in [0.1, 0.15) is 0 Å². The largest absolute Gasteiger partial charge is 0.481 e. The molecule has 1 aliphatic heterocycles. The Kier molecular flexibility index (Phi) is 4.74. The fourth-order valence-corrected chi connectivity index (χ4v) is 3.62. The minimum Gasteiger partial charge on any atom is -0.481 e. The third-order valence-electron chi connectivity index (χ3n) is 5.03. The Morgan fingerprint density at radius 3 is 2.76 bits per heavy atom. The Morgan fingerprint density at radius 2 is 2.12 bits per heavy atom. The minimum absolute atomic E-state index is 0.125. The van der Waals surface area contributed by atoms with E-state index in [0.29, 0.717) is 16.8 Å². The maximum atomic E-state index is 6.53. The second-order valence-electron chi connectivity index (χ2n) is 7.23. The molecular formula is C20H24ClN3O. The molecule has 0 radical (unpaired) electrons. The van der Waals surface area contributed by atoms with Crippen LogP contribution < -0.4 is 9.64 Å². The van der Waals surface area contributed by atoms with Crippen molar-refractivity contribution in [3.05, 3.63) is 46.6 Å². The number of rotatable bonds is 3. The number of hydrogen-bond donors (Lipinski definition) is 0. The van der Waals surface area contributed by atoms with Crippen LogP contribution in [0.1, 0.15) is 44.2 Å². The quantitative estimate of drug-likeness (QED) is 0.707. The topological polar surface area (TPSA) is 37.7 Å². The SMILES string of the molecule is COc1ccc(N=Cc2cc3c(cc2Cl)N(C)C(C)(C)CC3C)cn1. The first-order chi connectivity index (χ1) is 11.8. The first kappa shape index (κ1) is 17.7. The summed E-state index contributed by atoms with van der Waals surface area (Å²) >= 11 is 6.53. The van der Waals surface area contributed by atoms with Gasteiger partial charge in [-0.05, 0) is 49.9 Å². The summed E-state index contributed by atoms with van der Waals surface area (Å²) in [6.45, 7) is 6.81. The molecule has 1 atom stereocenters. The molecule has 1 aromatic carbocycles. The Bertz CT molecular complexity index is 799. The Hall–Kier alpha value is -2.07. The molecule has 25 heavy (non-hydrogen) atoms. The van der Waals surface area contributed by atoms with Gasteiger partial charge >= 0.3 is 0 Å². The number of halogens is 1. The molecule has 2 aromatic rings. The Labute approximate surface area is 154 Å². The average molecular weight is 358 g/mol. The Balaban J connectivity index is 1.93. The lowest BCUT2D eigenvalue weighted by molar-refractivity contribution is 0.395. The van der Waals surface area contributed by atoms with Crippen molar-refractivity contribution in [1.29, 1.82) is 0 Å². The van der Waals surface area contributed by atoms with Gasteiger partial charge in [-0.2, -0.15) is 0 Å². The zero-order valence-electron chi connectivity index (χ0n) is 15.4. The van der Waals surface area contributed by atoms with Crippen molar-refractivity contribution in [3.8, 4) is 5.88 Å². The van der Waals surface area contributed by atoms with Crippen molar-refractivity contribution in [2.24, 2.45) is 4.99 Å². The Morgan fingerprint density at radius 1 is 1.36 bits per heavy atom. The van der Waals surface area contributed by atoms with Gasteiger partial charge < -0.3 is 9.64 Å². The van der Waals surface area contributed by atoms with Crippen LogP contribution in [0.15, 0.2) is 35.5 Å². The van der Waals surface area contributed by atoms with E-state index in [1.165, 1.54) is 11.3 Å². The lowest BCUT2D eigenvalue weighted by Crippen LogP contribution is -2.45. The summed E-state index contributed by atoms with van der Waals surface area (Å²) in [6.07, 6.45) is 4.59. The highest BCUT2D eigenvalue weighted by atomic mass is 35.5. The molecule has 5 heteroatoms.